The second-order valence-corrected chi connectivity index (χ2v) is 5.25. The lowest BCUT2D eigenvalue weighted by Gasteiger charge is -2.30. The molecule has 0 amide bonds. The van der Waals surface area contributed by atoms with Gasteiger partial charge in [0, 0.05) is 11.1 Å². The molecule has 1 heterocycles. The zero-order valence-electron chi connectivity index (χ0n) is 12.2. The zero-order valence-corrected chi connectivity index (χ0v) is 12.2. The van der Waals surface area contributed by atoms with Crippen molar-refractivity contribution in [3.63, 3.8) is 0 Å². The molecule has 0 bridgehead atoms. The molecule has 2 N–H and O–H groups in total. The molecule has 0 fully saturated rings. The Hall–Kier alpha value is -2.39. The minimum Gasteiger partial charge on any atom is -0.462 e. The van der Waals surface area contributed by atoms with Crippen LogP contribution in [0.2, 0.25) is 0 Å². The van der Waals surface area contributed by atoms with Crippen LogP contribution in [0.3, 0.4) is 0 Å². The first kappa shape index (κ1) is 16.5. The van der Waals surface area contributed by atoms with E-state index in [2.05, 4.69) is 9.47 Å². The predicted octanol–water partition coefficient (Wildman–Crippen LogP) is 1.17. The Balaban J connectivity index is 2.29. The van der Waals surface area contributed by atoms with Crippen LogP contribution in [0.1, 0.15) is 22.8 Å². The lowest BCUT2D eigenvalue weighted by atomic mass is 9.86. The van der Waals surface area contributed by atoms with E-state index in [-0.39, 0.29) is 17.7 Å². The molecule has 0 radical (unpaired) electrons. The predicted molar refractivity (Wildman–Crippen MR) is 70.4 cm³/mol. The number of allylic oxidation sites excluding steroid dienone is 1. The zero-order chi connectivity index (χ0) is 17.9. The molecule has 0 unspecified atom stereocenters. The summed E-state index contributed by atoms with van der Waals surface area (Å²) in [6.07, 6.45) is -5.23. The SMILES string of the molecule is CCOC(=O)C1=C(C(F)(F)F)O[C@@]2(O)c3ccccc3C(=O)[C@@]12O. The number of fused-ring (bicyclic) bond motifs is 3. The molecular formula is C15H11F3O6. The lowest BCUT2D eigenvalue weighted by molar-refractivity contribution is -0.258. The van der Waals surface area contributed by atoms with E-state index in [9.17, 15) is 33.0 Å². The van der Waals surface area contributed by atoms with Gasteiger partial charge in [-0.15, -0.1) is 0 Å². The van der Waals surface area contributed by atoms with Crippen molar-refractivity contribution >= 4 is 11.8 Å². The fourth-order valence-electron chi connectivity index (χ4n) is 2.94. The van der Waals surface area contributed by atoms with Gasteiger partial charge in [0.1, 0.15) is 5.57 Å². The summed E-state index contributed by atoms with van der Waals surface area (Å²) in [6.45, 7) is 1.03. The third-order valence-corrected chi connectivity index (χ3v) is 3.93. The van der Waals surface area contributed by atoms with E-state index in [4.69, 9.17) is 0 Å². The van der Waals surface area contributed by atoms with Gasteiger partial charge in [-0.1, -0.05) is 24.3 Å². The number of hydrogen-bond acceptors (Lipinski definition) is 6. The van der Waals surface area contributed by atoms with Gasteiger partial charge >= 0.3 is 12.1 Å². The van der Waals surface area contributed by atoms with Crippen molar-refractivity contribution in [2.45, 2.75) is 24.5 Å². The normalized spacial score (nSPS) is 28.5. The van der Waals surface area contributed by atoms with E-state index >= 15 is 0 Å². The number of benzene rings is 1. The number of esters is 1. The van der Waals surface area contributed by atoms with Gasteiger partial charge in [-0.05, 0) is 6.92 Å². The number of ether oxygens (including phenoxy) is 2. The van der Waals surface area contributed by atoms with Gasteiger partial charge < -0.3 is 19.7 Å². The Morgan fingerprint density at radius 3 is 2.50 bits per heavy atom. The van der Waals surface area contributed by atoms with Gasteiger partial charge in [-0.3, -0.25) is 4.79 Å². The third-order valence-electron chi connectivity index (χ3n) is 3.93. The van der Waals surface area contributed by atoms with Crippen molar-refractivity contribution in [2.75, 3.05) is 6.61 Å². The van der Waals surface area contributed by atoms with Crippen molar-refractivity contribution in [3.05, 3.63) is 46.7 Å². The first-order valence-electron chi connectivity index (χ1n) is 6.86. The average molecular weight is 344 g/mol. The standard InChI is InChI=1S/C15H11F3O6/c1-2-23-12(20)9-11(15(16,17)18)24-14(22)8-6-4-3-5-7(8)10(19)13(9,14)21/h3-6,21-22H,2H2,1H3/t13-,14-/m0/s1. The molecule has 1 aromatic carbocycles. The van der Waals surface area contributed by atoms with Crippen LogP contribution in [-0.2, 0) is 20.1 Å². The number of halogens is 3. The van der Waals surface area contributed by atoms with Crippen LogP contribution >= 0.6 is 0 Å². The lowest BCUT2D eigenvalue weighted by Crippen LogP contribution is -2.52. The number of carbonyl (C=O) groups excluding carboxylic acids is 2. The van der Waals surface area contributed by atoms with Crippen molar-refractivity contribution in [2.24, 2.45) is 0 Å². The van der Waals surface area contributed by atoms with E-state index in [1.807, 2.05) is 0 Å². The molecule has 1 aliphatic carbocycles. The summed E-state index contributed by atoms with van der Waals surface area (Å²) in [6, 6.07) is 5.07. The van der Waals surface area contributed by atoms with Gasteiger partial charge in [-0.2, -0.15) is 13.2 Å². The Morgan fingerprint density at radius 1 is 1.29 bits per heavy atom. The number of aliphatic hydroxyl groups is 2. The molecule has 2 atom stereocenters. The van der Waals surface area contributed by atoms with Crippen LogP contribution in [0.5, 0.6) is 0 Å². The van der Waals surface area contributed by atoms with Crippen molar-refractivity contribution < 1.29 is 42.4 Å². The summed E-state index contributed by atoms with van der Waals surface area (Å²) in [5, 5.41) is 21.3. The molecule has 0 spiro atoms. The highest BCUT2D eigenvalue weighted by Crippen LogP contribution is 2.57. The molecule has 6 nitrogen and oxygen atoms in total. The summed E-state index contributed by atoms with van der Waals surface area (Å²) < 4.78 is 48.8. The summed E-state index contributed by atoms with van der Waals surface area (Å²) >= 11 is 0. The van der Waals surface area contributed by atoms with Gasteiger partial charge in [-0.25, -0.2) is 4.79 Å². The maximum Gasteiger partial charge on any atom is 0.449 e. The third kappa shape index (κ3) is 1.79. The van der Waals surface area contributed by atoms with Crippen LogP contribution in [-0.4, -0.2) is 40.3 Å². The van der Waals surface area contributed by atoms with Crippen molar-refractivity contribution in [1.29, 1.82) is 0 Å². The number of ketones is 1. The summed E-state index contributed by atoms with van der Waals surface area (Å²) in [5.41, 5.74) is -5.31. The summed E-state index contributed by atoms with van der Waals surface area (Å²) in [4.78, 5) is 24.5. The summed E-state index contributed by atoms with van der Waals surface area (Å²) in [7, 11) is 0. The van der Waals surface area contributed by atoms with Crippen LogP contribution in [0.15, 0.2) is 35.6 Å². The Kier molecular flexibility index (Phi) is 3.30. The summed E-state index contributed by atoms with van der Waals surface area (Å²) in [5.74, 6) is -7.88. The Labute approximate surface area is 133 Å². The van der Waals surface area contributed by atoms with Crippen molar-refractivity contribution in [3.8, 4) is 0 Å². The quantitative estimate of drug-likeness (QED) is 0.783. The fraction of sp³-hybridized carbons (Fsp3) is 0.333. The minimum absolute atomic E-state index is 0.245. The molecule has 9 heteroatoms. The van der Waals surface area contributed by atoms with Gasteiger partial charge in [0.05, 0.1) is 6.61 Å². The molecule has 0 aromatic heterocycles. The highest BCUT2D eigenvalue weighted by molar-refractivity contribution is 6.16. The van der Waals surface area contributed by atoms with E-state index in [1.54, 1.807) is 0 Å². The molecule has 0 saturated heterocycles. The van der Waals surface area contributed by atoms with E-state index in [0.717, 1.165) is 6.07 Å². The minimum atomic E-state index is -5.23. The molecule has 1 aliphatic heterocycles. The number of Topliss-reactive ketones (excluding diaryl/α,β-unsaturated/α-hetero) is 1. The number of rotatable bonds is 2. The Morgan fingerprint density at radius 2 is 1.92 bits per heavy atom. The molecule has 1 aromatic rings. The van der Waals surface area contributed by atoms with Crippen LogP contribution < -0.4 is 0 Å². The number of carbonyl (C=O) groups is 2. The van der Waals surface area contributed by atoms with Crippen LogP contribution in [0, 0.1) is 0 Å². The molecule has 2 aliphatic rings. The molecule has 3 rings (SSSR count). The maximum atomic E-state index is 13.2. The van der Waals surface area contributed by atoms with Gasteiger partial charge in [0.25, 0.3) is 5.79 Å². The Bertz CT molecular complexity index is 784. The molecule has 128 valence electrons. The highest BCUT2D eigenvalue weighted by Gasteiger charge is 2.75. The highest BCUT2D eigenvalue weighted by atomic mass is 19.4. The molecule has 0 saturated carbocycles. The van der Waals surface area contributed by atoms with Crippen molar-refractivity contribution in [1.82, 2.24) is 0 Å². The smallest absolute Gasteiger partial charge is 0.449 e. The monoisotopic (exact) mass is 344 g/mol. The molecular weight excluding hydrogens is 333 g/mol. The largest absolute Gasteiger partial charge is 0.462 e. The van der Waals surface area contributed by atoms with Gasteiger partial charge in [0.15, 0.2) is 0 Å². The topological polar surface area (TPSA) is 93.1 Å². The first-order valence-corrected chi connectivity index (χ1v) is 6.86. The average Bonchev–Trinajstić information content (AvgIpc) is 2.85. The number of hydrogen-bond donors (Lipinski definition) is 2. The number of alkyl halides is 3. The fourth-order valence-corrected chi connectivity index (χ4v) is 2.94. The van der Waals surface area contributed by atoms with E-state index in [1.165, 1.54) is 25.1 Å². The van der Waals surface area contributed by atoms with Gasteiger partial charge in [0.2, 0.25) is 17.1 Å². The maximum absolute atomic E-state index is 13.2. The van der Waals surface area contributed by atoms with Crippen LogP contribution in [0.25, 0.3) is 0 Å². The van der Waals surface area contributed by atoms with E-state index in [0.29, 0.717) is 0 Å². The second kappa shape index (κ2) is 4.81. The van der Waals surface area contributed by atoms with Crippen LogP contribution in [0.4, 0.5) is 13.2 Å². The van der Waals surface area contributed by atoms with E-state index < -0.39 is 40.6 Å². The molecule has 24 heavy (non-hydrogen) atoms. The first-order chi connectivity index (χ1) is 11.1. The second-order valence-electron chi connectivity index (χ2n) is 5.25.